The van der Waals surface area contributed by atoms with Crippen LogP contribution in [0.25, 0.3) is 83.4 Å². The van der Waals surface area contributed by atoms with Gasteiger partial charge in [-0.3, -0.25) is 9.97 Å². The molecule has 3 aromatic heterocycles. The third kappa shape index (κ3) is 5.96. The van der Waals surface area contributed by atoms with Crippen molar-refractivity contribution in [1.29, 1.82) is 0 Å². The second kappa shape index (κ2) is 14.0. The number of fused-ring (bicyclic) bond motifs is 1. The van der Waals surface area contributed by atoms with Crippen LogP contribution in [0.15, 0.2) is 207 Å². The van der Waals surface area contributed by atoms with E-state index in [4.69, 9.17) is 4.98 Å². The molecule has 272 valence electrons. The van der Waals surface area contributed by atoms with Gasteiger partial charge in [0.25, 0.3) is 0 Å². The van der Waals surface area contributed by atoms with Crippen LogP contribution in [0.1, 0.15) is 11.3 Å². The molecular formula is C54H36N4. The minimum atomic E-state index is 0.907. The molecule has 0 saturated carbocycles. The molecule has 0 N–H and O–H groups in total. The van der Waals surface area contributed by atoms with Crippen molar-refractivity contribution in [2.45, 2.75) is 0 Å². The molecule has 0 amide bonds. The molecular weight excluding hydrogens is 705 g/mol. The van der Waals surface area contributed by atoms with E-state index in [2.05, 4.69) is 209 Å². The van der Waals surface area contributed by atoms with E-state index < -0.39 is 0 Å². The van der Waals surface area contributed by atoms with Crippen LogP contribution in [-0.4, -0.2) is 14.5 Å². The van der Waals surface area contributed by atoms with Crippen LogP contribution in [0.5, 0.6) is 0 Å². The summed E-state index contributed by atoms with van der Waals surface area (Å²) in [7, 11) is 0. The average Bonchev–Trinajstić information content (AvgIpc) is 3.64. The van der Waals surface area contributed by atoms with Gasteiger partial charge in [0.1, 0.15) is 0 Å². The first-order valence-electron chi connectivity index (χ1n) is 19.6. The first-order chi connectivity index (χ1) is 28.7. The van der Waals surface area contributed by atoms with Gasteiger partial charge in [0.15, 0.2) is 0 Å². The Bertz CT molecular complexity index is 3240. The van der Waals surface area contributed by atoms with Gasteiger partial charge >= 0.3 is 0 Å². The SMILES string of the molecule is C(=C\c1ccc(-c2cc3ccc4cccc5c4c3c(c2)n5-c2ccc(-c3cccnc3)cc2)cn1)/c1ccc(N(c2ccccc2)c2ccc3ccccc3c2)cc1. The third-order valence-electron chi connectivity index (χ3n) is 11.2. The number of para-hydroxylation sites is 1. The number of anilines is 3. The van der Waals surface area contributed by atoms with Crippen LogP contribution in [0.3, 0.4) is 0 Å². The van der Waals surface area contributed by atoms with Gasteiger partial charge < -0.3 is 9.47 Å². The topological polar surface area (TPSA) is 34.0 Å². The maximum absolute atomic E-state index is 4.90. The fraction of sp³-hybridized carbons (Fsp3) is 0. The summed E-state index contributed by atoms with van der Waals surface area (Å²) in [4.78, 5) is 11.5. The van der Waals surface area contributed by atoms with Crippen LogP contribution in [0.4, 0.5) is 17.1 Å². The summed E-state index contributed by atoms with van der Waals surface area (Å²) in [6.45, 7) is 0. The molecule has 11 aromatic rings. The molecule has 0 aliphatic carbocycles. The van der Waals surface area contributed by atoms with Gasteiger partial charge in [0, 0.05) is 57.7 Å². The van der Waals surface area contributed by atoms with Crippen molar-refractivity contribution in [3.63, 3.8) is 0 Å². The van der Waals surface area contributed by atoms with Gasteiger partial charge in [-0.25, -0.2) is 0 Å². The van der Waals surface area contributed by atoms with Crippen LogP contribution in [0, 0.1) is 0 Å². The van der Waals surface area contributed by atoms with Gasteiger partial charge in [-0.2, -0.15) is 0 Å². The summed E-state index contributed by atoms with van der Waals surface area (Å²) < 4.78 is 2.40. The predicted molar refractivity (Wildman–Crippen MR) is 243 cm³/mol. The second-order valence-electron chi connectivity index (χ2n) is 14.8. The molecule has 0 aliphatic heterocycles. The summed E-state index contributed by atoms with van der Waals surface area (Å²) in [6, 6.07) is 67.3. The quantitative estimate of drug-likeness (QED) is 0.146. The molecule has 8 aromatic carbocycles. The van der Waals surface area contributed by atoms with Crippen LogP contribution in [-0.2, 0) is 0 Å². The molecule has 0 atom stereocenters. The first kappa shape index (κ1) is 33.5. The van der Waals surface area contributed by atoms with Crippen LogP contribution in [0.2, 0.25) is 0 Å². The molecule has 11 rings (SSSR count). The summed E-state index contributed by atoms with van der Waals surface area (Å²) in [6.07, 6.45) is 9.93. The van der Waals surface area contributed by atoms with E-state index in [9.17, 15) is 0 Å². The normalized spacial score (nSPS) is 11.7. The van der Waals surface area contributed by atoms with Gasteiger partial charge in [-0.05, 0) is 129 Å². The van der Waals surface area contributed by atoms with Gasteiger partial charge in [0.05, 0.1) is 16.7 Å². The molecule has 0 spiro atoms. The summed E-state index contributed by atoms with van der Waals surface area (Å²) >= 11 is 0. The van der Waals surface area contributed by atoms with Crippen molar-refractivity contribution in [2.24, 2.45) is 0 Å². The number of hydrogen-bond donors (Lipinski definition) is 0. The zero-order valence-corrected chi connectivity index (χ0v) is 31.6. The standard InChI is InChI=1S/C54H36N4/c1-2-12-47(13-3-1)57(50-30-23-38-8-4-5-9-41(38)33-50)48-26-16-37(17-27-48)15-24-46-25-20-44(36-56-46)45-32-42-19-18-40-10-6-14-51-53(40)54(42)52(34-45)58(51)49-28-21-39(22-29-49)43-11-7-31-55-35-43/h1-36H/b24-15+. The van der Waals surface area contributed by atoms with E-state index in [1.807, 2.05) is 24.7 Å². The molecule has 0 saturated heterocycles. The lowest BCUT2D eigenvalue weighted by Gasteiger charge is -2.26. The highest BCUT2D eigenvalue weighted by molar-refractivity contribution is 6.25. The number of aromatic nitrogens is 3. The highest BCUT2D eigenvalue weighted by atomic mass is 15.1. The lowest BCUT2D eigenvalue weighted by atomic mass is 9.98. The Labute approximate surface area is 336 Å². The maximum atomic E-state index is 4.90. The number of nitrogens with zero attached hydrogens (tertiary/aromatic N) is 4. The molecule has 3 heterocycles. The summed E-state index contributed by atoms with van der Waals surface area (Å²) in [5.41, 5.74) is 13.4. The molecule has 0 aliphatic rings. The molecule has 4 heteroatoms. The van der Waals surface area contributed by atoms with Crippen molar-refractivity contribution >= 4 is 72.6 Å². The molecule has 0 fully saturated rings. The Morgan fingerprint density at radius 2 is 1.12 bits per heavy atom. The van der Waals surface area contributed by atoms with Gasteiger partial charge in [-0.15, -0.1) is 0 Å². The van der Waals surface area contributed by atoms with E-state index in [1.165, 1.54) is 43.4 Å². The molecule has 0 unspecified atom stereocenters. The largest absolute Gasteiger partial charge is 0.310 e. The third-order valence-corrected chi connectivity index (χ3v) is 11.2. The maximum Gasteiger partial charge on any atom is 0.0630 e. The molecule has 0 radical (unpaired) electrons. The summed E-state index contributed by atoms with van der Waals surface area (Å²) in [5, 5.41) is 7.51. The fourth-order valence-corrected chi connectivity index (χ4v) is 8.41. The van der Waals surface area contributed by atoms with E-state index >= 15 is 0 Å². The molecule has 0 bridgehead atoms. The van der Waals surface area contributed by atoms with E-state index in [0.717, 1.165) is 56.3 Å². The Kier molecular flexibility index (Phi) is 8.11. The highest BCUT2D eigenvalue weighted by Crippen LogP contribution is 2.41. The predicted octanol–water partition coefficient (Wildman–Crippen LogP) is 14.3. The lowest BCUT2D eigenvalue weighted by molar-refractivity contribution is 1.18. The van der Waals surface area contributed by atoms with Crippen LogP contribution >= 0.6 is 0 Å². The fourth-order valence-electron chi connectivity index (χ4n) is 8.41. The highest BCUT2D eigenvalue weighted by Gasteiger charge is 2.18. The average molecular weight is 741 g/mol. The number of pyridine rings is 2. The number of benzene rings is 8. The number of rotatable bonds is 8. The van der Waals surface area contributed by atoms with Crippen molar-refractivity contribution in [3.8, 4) is 27.9 Å². The summed E-state index contributed by atoms with van der Waals surface area (Å²) in [5.74, 6) is 0. The minimum Gasteiger partial charge on any atom is -0.310 e. The van der Waals surface area contributed by atoms with Crippen molar-refractivity contribution < 1.29 is 0 Å². The first-order valence-corrected chi connectivity index (χ1v) is 19.6. The smallest absolute Gasteiger partial charge is 0.0630 e. The monoisotopic (exact) mass is 740 g/mol. The second-order valence-corrected chi connectivity index (χ2v) is 14.8. The van der Waals surface area contributed by atoms with Crippen molar-refractivity contribution in [1.82, 2.24) is 14.5 Å². The van der Waals surface area contributed by atoms with Crippen molar-refractivity contribution in [2.75, 3.05) is 4.90 Å². The Morgan fingerprint density at radius 3 is 1.93 bits per heavy atom. The van der Waals surface area contributed by atoms with Gasteiger partial charge in [0.2, 0.25) is 0 Å². The van der Waals surface area contributed by atoms with Crippen LogP contribution < -0.4 is 4.90 Å². The Hall–Kier alpha value is -7.82. The molecule has 58 heavy (non-hydrogen) atoms. The van der Waals surface area contributed by atoms with E-state index in [0.29, 0.717) is 0 Å². The zero-order chi connectivity index (χ0) is 38.4. The lowest BCUT2D eigenvalue weighted by Crippen LogP contribution is -2.09. The van der Waals surface area contributed by atoms with Gasteiger partial charge in [-0.1, -0.05) is 115 Å². The number of hydrogen-bond acceptors (Lipinski definition) is 3. The minimum absolute atomic E-state index is 0.907. The molecule has 4 nitrogen and oxygen atoms in total. The van der Waals surface area contributed by atoms with Crippen molar-refractivity contribution in [3.05, 3.63) is 218 Å². The Morgan fingerprint density at radius 1 is 0.414 bits per heavy atom. The zero-order valence-electron chi connectivity index (χ0n) is 31.6. The Balaban J connectivity index is 0.893. The van der Waals surface area contributed by atoms with E-state index in [1.54, 1.807) is 0 Å². The van der Waals surface area contributed by atoms with E-state index in [-0.39, 0.29) is 0 Å².